The van der Waals surface area contributed by atoms with E-state index in [9.17, 15) is 4.79 Å². The molecule has 6 nitrogen and oxygen atoms in total. The lowest BCUT2D eigenvalue weighted by molar-refractivity contribution is 0.0950. The monoisotopic (exact) mass is 414 g/mol. The first-order valence-corrected chi connectivity index (χ1v) is 10.3. The summed E-state index contributed by atoms with van der Waals surface area (Å²) in [5, 5.41) is 2.92. The summed E-state index contributed by atoms with van der Waals surface area (Å²) in [7, 11) is 1.65. The van der Waals surface area contributed by atoms with Crippen LogP contribution in [0.2, 0.25) is 0 Å². The summed E-state index contributed by atoms with van der Waals surface area (Å²) < 4.78 is 8.30. The predicted molar refractivity (Wildman–Crippen MR) is 118 cm³/mol. The molecule has 0 fully saturated rings. The highest BCUT2D eigenvalue weighted by atomic mass is 32.1. The number of pyridine rings is 1. The van der Waals surface area contributed by atoms with Crippen LogP contribution < -0.4 is 10.1 Å². The number of benzene rings is 2. The molecule has 0 bridgehead atoms. The van der Waals surface area contributed by atoms with Crippen LogP contribution in [0.15, 0.2) is 73.1 Å². The summed E-state index contributed by atoms with van der Waals surface area (Å²) in [4.78, 5) is 22.4. The number of ether oxygens (including phenoxy) is 1. The number of imidazole rings is 1. The summed E-state index contributed by atoms with van der Waals surface area (Å²) in [5.41, 5.74) is 4.42. The summed E-state index contributed by atoms with van der Waals surface area (Å²) in [6.45, 7) is 0.399. The van der Waals surface area contributed by atoms with E-state index in [-0.39, 0.29) is 5.91 Å². The van der Waals surface area contributed by atoms with Gasteiger partial charge in [0.15, 0.2) is 4.96 Å². The molecule has 0 atom stereocenters. The molecule has 0 unspecified atom stereocenters. The number of nitrogens with one attached hydrogen (secondary N) is 1. The van der Waals surface area contributed by atoms with E-state index in [0.717, 1.165) is 37.9 Å². The normalized spacial score (nSPS) is 11.1. The summed E-state index contributed by atoms with van der Waals surface area (Å²) >= 11 is 1.57. The van der Waals surface area contributed by atoms with Gasteiger partial charge in [-0.05, 0) is 54.6 Å². The lowest BCUT2D eigenvalue weighted by Gasteiger charge is -2.05. The number of nitrogens with zero attached hydrogens (tertiary/aromatic N) is 3. The van der Waals surface area contributed by atoms with Crippen molar-refractivity contribution >= 4 is 32.4 Å². The Hall–Kier alpha value is -3.71. The molecule has 0 saturated heterocycles. The minimum absolute atomic E-state index is 0.118. The third-order valence-corrected chi connectivity index (χ3v) is 5.92. The van der Waals surface area contributed by atoms with Gasteiger partial charge in [-0.2, -0.15) is 0 Å². The van der Waals surface area contributed by atoms with Crippen LogP contribution in [0, 0.1) is 0 Å². The number of amides is 1. The van der Waals surface area contributed by atoms with Crippen molar-refractivity contribution in [1.29, 1.82) is 0 Å². The zero-order valence-corrected chi connectivity index (χ0v) is 17.0. The topological polar surface area (TPSA) is 68.5 Å². The molecule has 0 aliphatic heterocycles. The van der Waals surface area contributed by atoms with Crippen LogP contribution in [-0.2, 0) is 6.54 Å². The molecule has 0 aliphatic rings. The van der Waals surface area contributed by atoms with E-state index in [0.29, 0.717) is 12.1 Å². The summed E-state index contributed by atoms with van der Waals surface area (Å²) in [5.74, 6) is 0.701. The fourth-order valence-corrected chi connectivity index (χ4v) is 4.37. The number of carbonyl (C=O) groups is 1. The average Bonchev–Trinajstić information content (AvgIpc) is 3.36. The van der Waals surface area contributed by atoms with Gasteiger partial charge in [0.1, 0.15) is 5.75 Å². The molecule has 1 N–H and O–H groups in total. The van der Waals surface area contributed by atoms with E-state index in [1.165, 1.54) is 0 Å². The molecule has 7 heteroatoms. The highest BCUT2D eigenvalue weighted by Gasteiger charge is 2.13. The highest BCUT2D eigenvalue weighted by Crippen LogP contribution is 2.30. The zero-order chi connectivity index (χ0) is 20.5. The molecule has 1 amide bonds. The minimum Gasteiger partial charge on any atom is -0.497 e. The minimum atomic E-state index is -0.118. The summed E-state index contributed by atoms with van der Waals surface area (Å²) in [6.07, 6.45) is 3.74. The first-order chi connectivity index (χ1) is 14.7. The van der Waals surface area contributed by atoms with E-state index in [1.54, 1.807) is 24.6 Å². The van der Waals surface area contributed by atoms with E-state index >= 15 is 0 Å². The van der Waals surface area contributed by atoms with Gasteiger partial charge < -0.3 is 10.1 Å². The van der Waals surface area contributed by atoms with Crippen molar-refractivity contribution in [3.63, 3.8) is 0 Å². The Morgan fingerprint density at radius 2 is 2.00 bits per heavy atom. The van der Waals surface area contributed by atoms with Crippen LogP contribution in [0.4, 0.5) is 0 Å². The molecule has 5 rings (SSSR count). The Morgan fingerprint density at radius 1 is 1.13 bits per heavy atom. The fraction of sp³-hybridized carbons (Fsp3) is 0.0870. The molecular formula is C23H18N4O2S. The van der Waals surface area contributed by atoms with Gasteiger partial charge in [-0.1, -0.05) is 17.4 Å². The molecule has 0 spiro atoms. The molecule has 0 radical (unpaired) electrons. The van der Waals surface area contributed by atoms with E-state index in [1.807, 2.05) is 66.9 Å². The Morgan fingerprint density at radius 3 is 2.77 bits per heavy atom. The number of aromatic nitrogens is 3. The molecular weight excluding hydrogens is 396 g/mol. The van der Waals surface area contributed by atoms with Crippen molar-refractivity contribution in [3.8, 4) is 17.0 Å². The smallest absolute Gasteiger partial charge is 0.251 e. The van der Waals surface area contributed by atoms with Crippen molar-refractivity contribution in [2.45, 2.75) is 6.54 Å². The maximum absolute atomic E-state index is 12.5. The maximum Gasteiger partial charge on any atom is 0.251 e. The third-order valence-electron chi connectivity index (χ3n) is 4.90. The van der Waals surface area contributed by atoms with Crippen LogP contribution in [0.3, 0.4) is 0 Å². The standard InChI is InChI=1S/C23H18N4O2S/c1-29-18-8-5-15(6-9-18)19-14-27-20-10-7-16(12-21(20)30-23(27)26-19)22(28)25-13-17-4-2-3-11-24-17/h2-12,14H,13H2,1H3,(H,25,28). The van der Waals surface area contributed by atoms with Gasteiger partial charge in [0.05, 0.1) is 35.3 Å². The number of thiazole rings is 1. The second-order valence-corrected chi connectivity index (χ2v) is 7.80. The molecule has 30 heavy (non-hydrogen) atoms. The second-order valence-electron chi connectivity index (χ2n) is 6.80. The Balaban J connectivity index is 1.40. The van der Waals surface area contributed by atoms with Gasteiger partial charge in [-0.25, -0.2) is 4.98 Å². The van der Waals surface area contributed by atoms with E-state index in [2.05, 4.69) is 14.7 Å². The molecule has 2 aromatic carbocycles. The Kier molecular flexibility index (Phi) is 4.65. The molecule has 148 valence electrons. The first-order valence-electron chi connectivity index (χ1n) is 9.45. The SMILES string of the molecule is COc1ccc(-c2cn3c(n2)sc2cc(C(=O)NCc4ccccn4)ccc23)cc1. The van der Waals surface area contributed by atoms with Gasteiger partial charge in [-0.3, -0.25) is 14.2 Å². The van der Waals surface area contributed by atoms with Crippen LogP contribution in [0.5, 0.6) is 5.75 Å². The Labute approximate surface area is 176 Å². The molecule has 5 aromatic rings. The van der Waals surface area contributed by atoms with Gasteiger partial charge in [-0.15, -0.1) is 0 Å². The fourth-order valence-electron chi connectivity index (χ4n) is 3.32. The van der Waals surface area contributed by atoms with E-state index in [4.69, 9.17) is 9.72 Å². The van der Waals surface area contributed by atoms with Crippen LogP contribution in [-0.4, -0.2) is 27.4 Å². The van der Waals surface area contributed by atoms with Crippen molar-refractivity contribution < 1.29 is 9.53 Å². The average molecular weight is 414 g/mol. The maximum atomic E-state index is 12.5. The van der Waals surface area contributed by atoms with Gasteiger partial charge in [0.25, 0.3) is 5.91 Å². The number of carbonyl (C=O) groups excluding carboxylic acids is 1. The number of fused-ring (bicyclic) bond motifs is 3. The number of methoxy groups -OCH3 is 1. The van der Waals surface area contributed by atoms with Crippen molar-refractivity contribution in [3.05, 3.63) is 84.3 Å². The number of hydrogen-bond acceptors (Lipinski definition) is 5. The van der Waals surface area contributed by atoms with E-state index < -0.39 is 0 Å². The zero-order valence-electron chi connectivity index (χ0n) is 16.2. The van der Waals surface area contributed by atoms with Crippen LogP contribution in [0.1, 0.15) is 16.1 Å². The molecule has 0 aliphatic carbocycles. The van der Waals surface area contributed by atoms with Crippen LogP contribution in [0.25, 0.3) is 26.4 Å². The van der Waals surface area contributed by atoms with Crippen molar-refractivity contribution in [2.75, 3.05) is 7.11 Å². The van der Waals surface area contributed by atoms with Gasteiger partial charge in [0, 0.05) is 23.5 Å². The molecule has 3 aromatic heterocycles. The lowest BCUT2D eigenvalue weighted by Crippen LogP contribution is -2.23. The predicted octanol–water partition coefficient (Wildman–Crippen LogP) is 4.55. The first kappa shape index (κ1) is 18.3. The Bertz CT molecular complexity index is 1340. The quantitative estimate of drug-likeness (QED) is 0.458. The van der Waals surface area contributed by atoms with Crippen molar-refractivity contribution in [1.82, 2.24) is 19.7 Å². The molecule has 0 saturated carbocycles. The lowest BCUT2D eigenvalue weighted by atomic mass is 10.1. The van der Waals surface area contributed by atoms with Crippen molar-refractivity contribution in [2.24, 2.45) is 0 Å². The summed E-state index contributed by atoms with van der Waals surface area (Å²) in [6, 6.07) is 19.2. The second kappa shape index (κ2) is 7.61. The number of hydrogen-bond donors (Lipinski definition) is 1. The van der Waals surface area contributed by atoms with Gasteiger partial charge in [0.2, 0.25) is 0 Å². The third kappa shape index (κ3) is 3.40. The number of rotatable bonds is 5. The van der Waals surface area contributed by atoms with Crippen LogP contribution >= 0.6 is 11.3 Å². The van der Waals surface area contributed by atoms with Gasteiger partial charge >= 0.3 is 0 Å². The molecule has 3 heterocycles. The highest BCUT2D eigenvalue weighted by molar-refractivity contribution is 7.23. The largest absolute Gasteiger partial charge is 0.497 e.